The molecule has 88 valence electrons. The minimum absolute atomic E-state index is 0.147. The van der Waals surface area contributed by atoms with Gasteiger partial charge in [0.25, 0.3) is 0 Å². The van der Waals surface area contributed by atoms with Gasteiger partial charge in [-0.15, -0.1) is 0 Å². The second-order valence-corrected chi connectivity index (χ2v) is 4.89. The summed E-state index contributed by atoms with van der Waals surface area (Å²) in [5.74, 6) is -0.147. The van der Waals surface area contributed by atoms with Crippen molar-refractivity contribution >= 4 is 0 Å². The van der Waals surface area contributed by atoms with Crippen LogP contribution in [0.15, 0.2) is 24.3 Å². The molecule has 1 fully saturated rings. The normalized spacial score (nSPS) is 19.6. The molecule has 0 bridgehead atoms. The van der Waals surface area contributed by atoms with Crippen molar-refractivity contribution in [2.45, 2.75) is 44.1 Å². The first-order valence-corrected chi connectivity index (χ1v) is 6.17. The molecule has 16 heavy (non-hydrogen) atoms. The van der Waals surface area contributed by atoms with E-state index in [1.54, 1.807) is 12.1 Å². The molecule has 1 saturated carbocycles. The molecule has 1 nitrogen and oxygen atoms in total. The first kappa shape index (κ1) is 11.6. The van der Waals surface area contributed by atoms with Gasteiger partial charge in [-0.25, -0.2) is 4.39 Å². The Balaban J connectivity index is 2.08. The van der Waals surface area contributed by atoms with Crippen molar-refractivity contribution in [1.29, 1.82) is 0 Å². The Kier molecular flexibility index (Phi) is 3.59. The van der Waals surface area contributed by atoms with Crippen molar-refractivity contribution in [3.63, 3.8) is 0 Å². The highest BCUT2D eigenvalue weighted by Gasteiger charge is 2.30. The van der Waals surface area contributed by atoms with Crippen LogP contribution in [0.2, 0.25) is 0 Å². The van der Waals surface area contributed by atoms with Gasteiger partial charge in [0, 0.05) is 5.54 Å². The molecule has 1 N–H and O–H groups in total. The third kappa shape index (κ3) is 2.62. The van der Waals surface area contributed by atoms with Gasteiger partial charge in [0.1, 0.15) is 5.82 Å². The van der Waals surface area contributed by atoms with E-state index >= 15 is 0 Å². The van der Waals surface area contributed by atoms with Crippen LogP contribution in [0.3, 0.4) is 0 Å². The molecule has 0 atom stereocenters. The third-order valence-corrected chi connectivity index (χ3v) is 3.80. The molecule has 1 aromatic carbocycles. The van der Waals surface area contributed by atoms with E-state index < -0.39 is 0 Å². The fourth-order valence-corrected chi connectivity index (χ4v) is 2.74. The summed E-state index contributed by atoms with van der Waals surface area (Å²) in [6.07, 6.45) is 7.46. The van der Waals surface area contributed by atoms with E-state index in [1.165, 1.54) is 37.7 Å². The van der Waals surface area contributed by atoms with Gasteiger partial charge in [0.15, 0.2) is 0 Å². The average Bonchev–Trinajstić information content (AvgIpc) is 2.33. The molecule has 1 aromatic rings. The number of hydrogen-bond acceptors (Lipinski definition) is 1. The standard InChI is InChI=1S/C14H20FN/c1-16-14(9-3-2-4-10-14)11-12-5-7-13(15)8-6-12/h5-8,16H,2-4,9-11H2,1H3. The fourth-order valence-electron chi connectivity index (χ4n) is 2.74. The second-order valence-electron chi connectivity index (χ2n) is 4.89. The van der Waals surface area contributed by atoms with Gasteiger partial charge in [-0.3, -0.25) is 0 Å². The summed E-state index contributed by atoms with van der Waals surface area (Å²) in [5.41, 5.74) is 1.48. The van der Waals surface area contributed by atoms with Gasteiger partial charge in [0.05, 0.1) is 0 Å². The van der Waals surface area contributed by atoms with Gasteiger partial charge in [-0.05, 0) is 44.0 Å². The Bertz CT molecular complexity index is 325. The highest BCUT2D eigenvalue weighted by atomic mass is 19.1. The van der Waals surface area contributed by atoms with Gasteiger partial charge in [-0.2, -0.15) is 0 Å². The lowest BCUT2D eigenvalue weighted by atomic mass is 9.77. The first-order valence-electron chi connectivity index (χ1n) is 6.17. The molecular formula is C14H20FN. The molecule has 2 heteroatoms. The van der Waals surface area contributed by atoms with Crippen molar-refractivity contribution in [1.82, 2.24) is 5.32 Å². The van der Waals surface area contributed by atoms with Crippen LogP contribution in [0, 0.1) is 5.82 Å². The van der Waals surface area contributed by atoms with E-state index in [-0.39, 0.29) is 11.4 Å². The third-order valence-electron chi connectivity index (χ3n) is 3.80. The highest BCUT2D eigenvalue weighted by molar-refractivity contribution is 5.19. The topological polar surface area (TPSA) is 12.0 Å². The Labute approximate surface area is 97.1 Å². The van der Waals surface area contributed by atoms with Crippen LogP contribution in [0.25, 0.3) is 0 Å². The SMILES string of the molecule is CNC1(Cc2ccc(F)cc2)CCCCC1. The number of rotatable bonds is 3. The fraction of sp³-hybridized carbons (Fsp3) is 0.571. The van der Waals surface area contributed by atoms with Gasteiger partial charge in [-0.1, -0.05) is 31.4 Å². The smallest absolute Gasteiger partial charge is 0.123 e. The number of halogens is 1. The maximum absolute atomic E-state index is 12.8. The van der Waals surface area contributed by atoms with Crippen LogP contribution in [0.1, 0.15) is 37.7 Å². The molecule has 0 spiro atoms. The molecule has 2 rings (SSSR count). The zero-order valence-corrected chi connectivity index (χ0v) is 9.93. The predicted molar refractivity (Wildman–Crippen MR) is 65.0 cm³/mol. The number of nitrogens with one attached hydrogen (secondary N) is 1. The monoisotopic (exact) mass is 221 g/mol. The van der Waals surface area contributed by atoms with E-state index in [9.17, 15) is 4.39 Å². The maximum Gasteiger partial charge on any atom is 0.123 e. The maximum atomic E-state index is 12.8. The minimum Gasteiger partial charge on any atom is -0.314 e. The second kappa shape index (κ2) is 4.96. The van der Waals surface area contributed by atoms with E-state index in [0.29, 0.717) is 0 Å². The molecule has 0 unspecified atom stereocenters. The lowest BCUT2D eigenvalue weighted by Gasteiger charge is -2.37. The lowest BCUT2D eigenvalue weighted by Crippen LogP contribution is -2.46. The summed E-state index contributed by atoms with van der Waals surface area (Å²) in [6, 6.07) is 6.93. The van der Waals surface area contributed by atoms with Crippen molar-refractivity contribution in [2.75, 3.05) is 7.05 Å². The summed E-state index contributed by atoms with van der Waals surface area (Å²) in [7, 11) is 2.05. The Morgan fingerprint density at radius 1 is 1.12 bits per heavy atom. The zero-order chi connectivity index (χ0) is 11.4. The van der Waals surface area contributed by atoms with E-state index in [4.69, 9.17) is 0 Å². The summed E-state index contributed by atoms with van der Waals surface area (Å²) < 4.78 is 12.8. The number of benzene rings is 1. The average molecular weight is 221 g/mol. The van der Waals surface area contributed by atoms with Crippen LogP contribution >= 0.6 is 0 Å². The van der Waals surface area contributed by atoms with Crippen LogP contribution < -0.4 is 5.32 Å². The van der Waals surface area contributed by atoms with E-state index in [2.05, 4.69) is 12.4 Å². The van der Waals surface area contributed by atoms with Gasteiger partial charge >= 0.3 is 0 Å². The zero-order valence-electron chi connectivity index (χ0n) is 9.93. The van der Waals surface area contributed by atoms with Crippen LogP contribution in [0.4, 0.5) is 4.39 Å². The molecule has 0 heterocycles. The quantitative estimate of drug-likeness (QED) is 0.826. The van der Waals surface area contributed by atoms with Crippen LogP contribution in [-0.4, -0.2) is 12.6 Å². The Morgan fingerprint density at radius 2 is 1.75 bits per heavy atom. The molecule has 1 aliphatic rings. The highest BCUT2D eigenvalue weighted by Crippen LogP contribution is 2.30. The summed E-state index contributed by atoms with van der Waals surface area (Å²) in [4.78, 5) is 0. The minimum atomic E-state index is -0.147. The molecule has 0 saturated heterocycles. The first-order chi connectivity index (χ1) is 7.74. The van der Waals surface area contributed by atoms with Crippen LogP contribution in [-0.2, 0) is 6.42 Å². The van der Waals surface area contributed by atoms with Crippen molar-refractivity contribution < 1.29 is 4.39 Å². The Morgan fingerprint density at radius 3 is 2.31 bits per heavy atom. The molecule has 0 amide bonds. The van der Waals surface area contributed by atoms with E-state index in [0.717, 1.165) is 6.42 Å². The molecule has 1 aliphatic carbocycles. The molecule has 0 radical (unpaired) electrons. The van der Waals surface area contributed by atoms with Crippen molar-refractivity contribution in [3.05, 3.63) is 35.6 Å². The largest absolute Gasteiger partial charge is 0.314 e. The molecule has 0 aliphatic heterocycles. The van der Waals surface area contributed by atoms with Crippen LogP contribution in [0.5, 0.6) is 0 Å². The van der Waals surface area contributed by atoms with Crippen molar-refractivity contribution in [2.24, 2.45) is 0 Å². The van der Waals surface area contributed by atoms with Gasteiger partial charge in [0.2, 0.25) is 0 Å². The van der Waals surface area contributed by atoms with E-state index in [1.807, 2.05) is 12.1 Å². The lowest BCUT2D eigenvalue weighted by molar-refractivity contribution is 0.245. The summed E-state index contributed by atoms with van der Waals surface area (Å²) in [5, 5.41) is 3.49. The van der Waals surface area contributed by atoms with Crippen molar-refractivity contribution in [3.8, 4) is 0 Å². The summed E-state index contributed by atoms with van der Waals surface area (Å²) >= 11 is 0. The van der Waals surface area contributed by atoms with Gasteiger partial charge < -0.3 is 5.32 Å². The molecular weight excluding hydrogens is 201 g/mol. The number of hydrogen-bond donors (Lipinski definition) is 1. The molecule has 0 aromatic heterocycles. The number of likely N-dealkylation sites (N-methyl/N-ethyl adjacent to an activating group) is 1. The predicted octanol–water partition coefficient (Wildman–Crippen LogP) is 3.29. The summed E-state index contributed by atoms with van der Waals surface area (Å²) in [6.45, 7) is 0. The Hall–Kier alpha value is -0.890.